The van der Waals surface area contributed by atoms with Gasteiger partial charge in [0, 0.05) is 57.2 Å². The van der Waals surface area contributed by atoms with Crippen LogP contribution in [0.15, 0.2) is 4.99 Å². The number of aromatic nitrogens is 2. The highest BCUT2D eigenvalue weighted by molar-refractivity contribution is 7.09. The third-order valence-corrected chi connectivity index (χ3v) is 5.41. The van der Waals surface area contributed by atoms with Crippen LogP contribution in [0.5, 0.6) is 0 Å². The fraction of sp³-hybridized carbons (Fsp3) is 0.833. The first kappa shape index (κ1) is 20.9. The molecule has 8 heteroatoms. The molecule has 1 saturated heterocycles. The summed E-state index contributed by atoms with van der Waals surface area (Å²) in [5.74, 6) is 2.00. The van der Waals surface area contributed by atoms with Crippen molar-refractivity contribution < 1.29 is 0 Å². The van der Waals surface area contributed by atoms with Crippen LogP contribution in [0, 0.1) is 0 Å². The lowest BCUT2D eigenvalue weighted by Crippen LogP contribution is -2.52. The van der Waals surface area contributed by atoms with Crippen molar-refractivity contribution in [2.75, 3.05) is 64.3 Å². The minimum atomic E-state index is 0.846. The number of nitrogens with zero attached hydrogens (tertiary/aromatic N) is 6. The second-order valence-electron chi connectivity index (χ2n) is 6.71. The van der Waals surface area contributed by atoms with Crippen LogP contribution in [0.1, 0.15) is 39.4 Å². The van der Waals surface area contributed by atoms with Gasteiger partial charge in [0.2, 0.25) is 5.13 Å². The molecule has 0 atom stereocenters. The Labute approximate surface area is 162 Å². The minimum absolute atomic E-state index is 0.846. The molecular weight excluding hydrogens is 346 g/mol. The third kappa shape index (κ3) is 6.39. The molecule has 1 aromatic rings. The van der Waals surface area contributed by atoms with Crippen molar-refractivity contribution in [3.8, 4) is 0 Å². The Morgan fingerprint density at radius 1 is 1.19 bits per heavy atom. The van der Waals surface area contributed by atoms with Crippen LogP contribution in [0.3, 0.4) is 0 Å². The maximum absolute atomic E-state index is 4.85. The van der Waals surface area contributed by atoms with E-state index >= 15 is 0 Å². The molecule has 1 aliphatic rings. The van der Waals surface area contributed by atoms with Crippen LogP contribution in [0.4, 0.5) is 5.13 Å². The van der Waals surface area contributed by atoms with Gasteiger partial charge in [-0.3, -0.25) is 4.99 Å². The lowest BCUT2D eigenvalue weighted by atomic mass is 10.3. The van der Waals surface area contributed by atoms with E-state index in [4.69, 9.17) is 4.99 Å². The topological polar surface area (TPSA) is 59.9 Å². The zero-order valence-corrected chi connectivity index (χ0v) is 17.7. The molecule has 1 aliphatic heterocycles. The van der Waals surface area contributed by atoms with E-state index < -0.39 is 0 Å². The Kier molecular flexibility index (Phi) is 9.11. The average Bonchev–Trinajstić information content (AvgIpc) is 3.15. The van der Waals surface area contributed by atoms with Crippen molar-refractivity contribution in [3.63, 3.8) is 0 Å². The van der Waals surface area contributed by atoms with Gasteiger partial charge in [0.1, 0.15) is 5.82 Å². The van der Waals surface area contributed by atoms with Crippen molar-refractivity contribution in [2.24, 2.45) is 4.99 Å². The van der Waals surface area contributed by atoms with E-state index in [0.717, 1.165) is 75.7 Å². The number of unbranched alkanes of at least 4 members (excludes halogenated alkanes) is 1. The van der Waals surface area contributed by atoms with Gasteiger partial charge in [0.05, 0.1) is 6.54 Å². The quantitative estimate of drug-likeness (QED) is 0.521. The van der Waals surface area contributed by atoms with E-state index in [1.54, 1.807) is 0 Å². The van der Waals surface area contributed by atoms with Gasteiger partial charge in [-0.05, 0) is 26.9 Å². The number of aliphatic imine (C=N–C) groups is 1. The summed E-state index contributed by atoms with van der Waals surface area (Å²) in [6.45, 7) is 14.3. The standard InChI is InChI=1S/C18H35N7S/c1-5-8-10-23(4)11-9-20-17(19-7-3)24-12-14-25(15-13-24)18-21-16(6-2)22-26-18/h5-15H2,1-4H3,(H,19,20). The van der Waals surface area contributed by atoms with Gasteiger partial charge in [-0.15, -0.1) is 0 Å². The predicted octanol–water partition coefficient (Wildman–Crippen LogP) is 1.92. The number of likely N-dealkylation sites (N-methyl/N-ethyl adjacent to an activating group) is 1. The van der Waals surface area contributed by atoms with Crippen molar-refractivity contribution in [1.29, 1.82) is 0 Å². The summed E-state index contributed by atoms with van der Waals surface area (Å²) in [7, 11) is 2.18. The molecule has 26 heavy (non-hydrogen) atoms. The lowest BCUT2D eigenvalue weighted by Gasteiger charge is -2.36. The molecule has 1 N–H and O–H groups in total. The number of hydrogen-bond donors (Lipinski definition) is 1. The maximum atomic E-state index is 4.85. The van der Waals surface area contributed by atoms with Gasteiger partial charge < -0.3 is 20.0 Å². The molecule has 0 unspecified atom stereocenters. The number of guanidine groups is 1. The van der Waals surface area contributed by atoms with Crippen LogP contribution >= 0.6 is 11.5 Å². The molecule has 0 radical (unpaired) electrons. The lowest BCUT2D eigenvalue weighted by molar-refractivity contribution is 0.334. The highest BCUT2D eigenvalue weighted by Crippen LogP contribution is 2.19. The van der Waals surface area contributed by atoms with Crippen molar-refractivity contribution >= 4 is 22.6 Å². The van der Waals surface area contributed by atoms with Gasteiger partial charge >= 0.3 is 0 Å². The SMILES string of the molecule is CCCCN(C)CCN=C(NCC)N1CCN(c2nc(CC)ns2)CC1. The minimum Gasteiger partial charge on any atom is -0.357 e. The summed E-state index contributed by atoms with van der Waals surface area (Å²) in [5, 5.41) is 4.51. The molecule has 7 nitrogen and oxygen atoms in total. The van der Waals surface area contributed by atoms with Crippen LogP contribution in [0.25, 0.3) is 0 Å². The van der Waals surface area contributed by atoms with Crippen molar-refractivity contribution in [3.05, 3.63) is 5.82 Å². The molecule has 2 heterocycles. The summed E-state index contributed by atoms with van der Waals surface area (Å²) in [6, 6.07) is 0. The Morgan fingerprint density at radius 2 is 1.96 bits per heavy atom. The molecule has 1 fully saturated rings. The molecule has 0 saturated carbocycles. The van der Waals surface area contributed by atoms with E-state index in [-0.39, 0.29) is 0 Å². The smallest absolute Gasteiger partial charge is 0.205 e. The van der Waals surface area contributed by atoms with Gasteiger partial charge in [0.25, 0.3) is 0 Å². The van der Waals surface area contributed by atoms with E-state index in [2.05, 4.69) is 57.2 Å². The van der Waals surface area contributed by atoms with E-state index in [1.807, 2.05) is 0 Å². The van der Waals surface area contributed by atoms with Crippen LogP contribution in [-0.2, 0) is 6.42 Å². The molecule has 0 spiro atoms. The predicted molar refractivity (Wildman–Crippen MR) is 111 cm³/mol. The van der Waals surface area contributed by atoms with Crippen LogP contribution in [-0.4, -0.2) is 84.5 Å². The van der Waals surface area contributed by atoms with E-state index in [1.165, 1.54) is 24.4 Å². The Morgan fingerprint density at radius 3 is 2.58 bits per heavy atom. The maximum Gasteiger partial charge on any atom is 0.205 e. The van der Waals surface area contributed by atoms with Crippen molar-refractivity contribution in [2.45, 2.75) is 40.0 Å². The molecule has 2 rings (SSSR count). The zero-order chi connectivity index (χ0) is 18.8. The molecule has 0 bridgehead atoms. The first-order valence-electron chi connectivity index (χ1n) is 9.97. The highest BCUT2D eigenvalue weighted by atomic mass is 32.1. The Balaban J connectivity index is 1.83. The van der Waals surface area contributed by atoms with Crippen molar-refractivity contribution in [1.82, 2.24) is 24.5 Å². The monoisotopic (exact) mass is 381 g/mol. The molecule has 148 valence electrons. The number of anilines is 1. The largest absolute Gasteiger partial charge is 0.357 e. The summed E-state index contributed by atoms with van der Waals surface area (Å²) < 4.78 is 4.41. The van der Waals surface area contributed by atoms with Gasteiger partial charge in [0.15, 0.2) is 5.96 Å². The highest BCUT2D eigenvalue weighted by Gasteiger charge is 2.21. The fourth-order valence-electron chi connectivity index (χ4n) is 2.92. The number of piperazine rings is 1. The molecule has 1 aromatic heterocycles. The number of hydrogen-bond acceptors (Lipinski definition) is 6. The fourth-order valence-corrected chi connectivity index (χ4v) is 3.72. The second kappa shape index (κ2) is 11.3. The molecule has 0 amide bonds. The Hall–Kier alpha value is -1.41. The number of aryl methyl sites for hydroxylation is 1. The Bertz CT molecular complexity index is 537. The van der Waals surface area contributed by atoms with E-state index in [0.29, 0.717) is 0 Å². The normalized spacial score (nSPS) is 15.8. The molecular formula is C18H35N7S. The first-order valence-corrected chi connectivity index (χ1v) is 10.7. The van der Waals surface area contributed by atoms with Gasteiger partial charge in [-0.1, -0.05) is 20.3 Å². The number of nitrogens with one attached hydrogen (secondary N) is 1. The van der Waals surface area contributed by atoms with Crippen LogP contribution < -0.4 is 10.2 Å². The molecule has 0 aromatic carbocycles. The van der Waals surface area contributed by atoms with Gasteiger partial charge in [-0.2, -0.15) is 4.37 Å². The third-order valence-electron chi connectivity index (χ3n) is 4.59. The number of rotatable bonds is 9. The van der Waals surface area contributed by atoms with E-state index in [9.17, 15) is 0 Å². The summed E-state index contributed by atoms with van der Waals surface area (Å²) in [6.07, 6.45) is 3.41. The summed E-state index contributed by atoms with van der Waals surface area (Å²) in [4.78, 5) is 16.5. The summed E-state index contributed by atoms with van der Waals surface area (Å²) >= 11 is 1.52. The molecule has 0 aliphatic carbocycles. The summed E-state index contributed by atoms with van der Waals surface area (Å²) in [5.41, 5.74) is 0. The average molecular weight is 382 g/mol. The second-order valence-corrected chi connectivity index (χ2v) is 7.44. The first-order chi connectivity index (χ1) is 12.7. The van der Waals surface area contributed by atoms with Gasteiger partial charge in [-0.25, -0.2) is 4.98 Å². The zero-order valence-electron chi connectivity index (χ0n) is 16.9. The van der Waals surface area contributed by atoms with Crippen LogP contribution in [0.2, 0.25) is 0 Å².